The number of hydrogen-bond acceptors (Lipinski definition) is 4. The van der Waals surface area contributed by atoms with Gasteiger partial charge in [-0.25, -0.2) is 0 Å². The van der Waals surface area contributed by atoms with Crippen molar-refractivity contribution in [2.24, 2.45) is 4.99 Å². The summed E-state index contributed by atoms with van der Waals surface area (Å²) in [4.78, 5) is 16.7. The van der Waals surface area contributed by atoms with Gasteiger partial charge in [0.15, 0.2) is 5.76 Å². The topological polar surface area (TPSA) is 51.8 Å². The van der Waals surface area contributed by atoms with E-state index in [1.807, 2.05) is 72.8 Å². The highest BCUT2D eigenvalue weighted by molar-refractivity contribution is 5.82. The van der Waals surface area contributed by atoms with Gasteiger partial charge in [0.2, 0.25) is 11.2 Å². The van der Waals surface area contributed by atoms with Gasteiger partial charge >= 0.3 is 0 Å². The van der Waals surface area contributed by atoms with Crippen molar-refractivity contribution in [3.63, 3.8) is 0 Å². The maximum Gasteiger partial charge on any atom is 0.227 e. The van der Waals surface area contributed by atoms with Gasteiger partial charge in [-0.2, -0.15) is 0 Å². The van der Waals surface area contributed by atoms with Crippen molar-refractivity contribution in [3.8, 4) is 16.9 Å². The maximum atomic E-state index is 12.2. The molecule has 0 amide bonds. The lowest BCUT2D eigenvalue weighted by atomic mass is 10.1. The van der Waals surface area contributed by atoms with Gasteiger partial charge in [-0.3, -0.25) is 9.79 Å². The Bertz CT molecular complexity index is 1150. The van der Waals surface area contributed by atoms with Crippen molar-refractivity contribution in [1.29, 1.82) is 0 Å². The van der Waals surface area contributed by atoms with Crippen LogP contribution in [-0.2, 0) is 6.61 Å². The third kappa shape index (κ3) is 4.68. The molecule has 4 rings (SSSR count). The van der Waals surface area contributed by atoms with Gasteiger partial charge in [-0.15, -0.1) is 0 Å². The van der Waals surface area contributed by atoms with Crippen molar-refractivity contribution in [1.82, 2.24) is 0 Å². The van der Waals surface area contributed by atoms with E-state index >= 15 is 0 Å². The molecule has 1 heterocycles. The summed E-state index contributed by atoms with van der Waals surface area (Å²) in [5, 5.41) is 0. The molecule has 4 aromatic rings. The summed E-state index contributed by atoms with van der Waals surface area (Å²) in [5.41, 5.74) is 3.74. The molecule has 142 valence electrons. The Morgan fingerprint density at radius 1 is 0.793 bits per heavy atom. The van der Waals surface area contributed by atoms with Crippen LogP contribution in [0.15, 0.2) is 111 Å². The quantitative estimate of drug-likeness (QED) is 0.406. The molecule has 0 fully saturated rings. The number of aliphatic imine (C=N–C) groups is 1. The fourth-order valence-electron chi connectivity index (χ4n) is 2.88. The molecular weight excluding hydrogens is 362 g/mol. The molecule has 0 bridgehead atoms. The van der Waals surface area contributed by atoms with E-state index in [0.717, 1.165) is 22.4 Å². The lowest BCUT2D eigenvalue weighted by Crippen LogP contribution is -2.09. The van der Waals surface area contributed by atoms with Gasteiger partial charge in [-0.05, 0) is 28.8 Å². The molecule has 0 saturated heterocycles. The lowest BCUT2D eigenvalue weighted by Gasteiger charge is -2.07. The Morgan fingerprint density at radius 2 is 1.45 bits per heavy atom. The van der Waals surface area contributed by atoms with Crippen LogP contribution in [-0.4, -0.2) is 6.21 Å². The van der Waals surface area contributed by atoms with Crippen molar-refractivity contribution < 1.29 is 9.15 Å². The molecule has 1 aromatic heterocycles. The molecule has 0 atom stereocenters. The molecular formula is C25H19NO3. The highest BCUT2D eigenvalue weighted by atomic mass is 16.5. The molecule has 4 nitrogen and oxygen atoms in total. The highest BCUT2D eigenvalue weighted by Crippen LogP contribution is 2.22. The van der Waals surface area contributed by atoms with E-state index in [2.05, 4.69) is 17.1 Å². The summed E-state index contributed by atoms with van der Waals surface area (Å²) < 4.78 is 11.2. The first kappa shape index (κ1) is 18.4. The minimum atomic E-state index is -0.243. The molecule has 0 N–H and O–H groups in total. The second kappa shape index (κ2) is 8.85. The average Bonchev–Trinajstić information content (AvgIpc) is 2.79. The molecule has 0 aliphatic heterocycles. The van der Waals surface area contributed by atoms with E-state index < -0.39 is 0 Å². The fraction of sp³-hybridized carbons (Fsp3) is 0.0400. The van der Waals surface area contributed by atoms with Crippen LogP contribution in [0.5, 0.6) is 5.75 Å². The first-order valence-corrected chi connectivity index (χ1v) is 9.28. The van der Waals surface area contributed by atoms with Crippen LogP contribution in [0.2, 0.25) is 0 Å². The molecule has 0 spiro atoms. The minimum absolute atomic E-state index is 0.154. The van der Waals surface area contributed by atoms with Crippen LogP contribution in [0.25, 0.3) is 11.1 Å². The van der Waals surface area contributed by atoms with Crippen LogP contribution in [0.4, 0.5) is 5.69 Å². The summed E-state index contributed by atoms with van der Waals surface area (Å²) >= 11 is 0. The number of ether oxygens (including phenoxy) is 1. The number of rotatable bonds is 6. The zero-order valence-electron chi connectivity index (χ0n) is 15.7. The molecule has 0 aliphatic rings. The molecule has 0 unspecified atom stereocenters. The Hall–Kier alpha value is -3.92. The smallest absolute Gasteiger partial charge is 0.227 e. The third-order valence-corrected chi connectivity index (χ3v) is 4.39. The van der Waals surface area contributed by atoms with Crippen molar-refractivity contribution in [2.45, 2.75) is 6.61 Å². The first-order chi connectivity index (χ1) is 14.3. The first-order valence-electron chi connectivity index (χ1n) is 9.28. The summed E-state index contributed by atoms with van der Waals surface area (Å²) in [6.07, 6.45) is 2.86. The Morgan fingerprint density at radius 3 is 2.17 bits per heavy atom. The van der Waals surface area contributed by atoms with Gasteiger partial charge in [0, 0.05) is 6.07 Å². The molecule has 4 heteroatoms. The Kier molecular flexibility index (Phi) is 5.63. The molecule has 29 heavy (non-hydrogen) atoms. The molecule has 0 radical (unpaired) electrons. The normalized spacial score (nSPS) is 10.9. The van der Waals surface area contributed by atoms with E-state index in [1.54, 1.807) is 0 Å². The summed E-state index contributed by atoms with van der Waals surface area (Å²) in [6, 6.07) is 29.0. The van der Waals surface area contributed by atoms with Crippen molar-refractivity contribution in [3.05, 3.63) is 119 Å². The van der Waals surface area contributed by atoms with Crippen LogP contribution in [0, 0.1) is 0 Å². The molecule has 3 aromatic carbocycles. The van der Waals surface area contributed by atoms with E-state index in [-0.39, 0.29) is 17.8 Å². The van der Waals surface area contributed by atoms with Crippen LogP contribution < -0.4 is 10.2 Å². The number of hydrogen-bond donors (Lipinski definition) is 0. The van der Waals surface area contributed by atoms with Crippen LogP contribution >= 0.6 is 0 Å². The fourth-order valence-corrected chi connectivity index (χ4v) is 2.88. The summed E-state index contributed by atoms with van der Waals surface area (Å²) in [7, 11) is 0. The zero-order chi connectivity index (χ0) is 19.9. The Labute approximate surface area is 168 Å². The van der Waals surface area contributed by atoms with Gasteiger partial charge < -0.3 is 9.15 Å². The average molecular weight is 381 g/mol. The standard InChI is InChI=1S/C25H19NO3/c27-23-15-16-28-24(25(23)29-18-19-7-3-1-4-8-19)17-26-22-13-11-21(12-14-22)20-9-5-2-6-10-20/h1-17H,18H2/b26-17+. The molecule has 0 aliphatic carbocycles. The third-order valence-electron chi connectivity index (χ3n) is 4.39. The van der Waals surface area contributed by atoms with E-state index in [4.69, 9.17) is 9.15 Å². The SMILES string of the molecule is O=c1ccoc(/C=N/c2ccc(-c3ccccc3)cc2)c1OCc1ccccc1. The zero-order valence-corrected chi connectivity index (χ0v) is 15.7. The number of nitrogens with zero attached hydrogens (tertiary/aromatic N) is 1. The highest BCUT2D eigenvalue weighted by Gasteiger charge is 2.09. The van der Waals surface area contributed by atoms with E-state index in [1.165, 1.54) is 18.5 Å². The lowest BCUT2D eigenvalue weighted by molar-refractivity contribution is 0.291. The summed E-state index contributed by atoms with van der Waals surface area (Å²) in [6.45, 7) is 0.280. The van der Waals surface area contributed by atoms with Gasteiger partial charge in [0.1, 0.15) is 6.61 Å². The second-order valence-electron chi connectivity index (χ2n) is 6.42. The van der Waals surface area contributed by atoms with Crippen molar-refractivity contribution >= 4 is 11.9 Å². The monoisotopic (exact) mass is 381 g/mol. The predicted octanol–water partition coefficient (Wildman–Crippen LogP) is 5.64. The van der Waals surface area contributed by atoms with E-state index in [0.29, 0.717) is 5.76 Å². The van der Waals surface area contributed by atoms with Gasteiger partial charge in [0.25, 0.3) is 0 Å². The largest absolute Gasteiger partial charge is 0.481 e. The maximum absolute atomic E-state index is 12.2. The van der Waals surface area contributed by atoms with Crippen LogP contribution in [0.3, 0.4) is 0 Å². The Balaban J connectivity index is 1.52. The summed E-state index contributed by atoms with van der Waals surface area (Å²) in [5.74, 6) is 0.446. The minimum Gasteiger partial charge on any atom is -0.481 e. The number of benzene rings is 3. The van der Waals surface area contributed by atoms with E-state index in [9.17, 15) is 4.79 Å². The van der Waals surface area contributed by atoms with Gasteiger partial charge in [-0.1, -0.05) is 72.8 Å². The van der Waals surface area contributed by atoms with Gasteiger partial charge in [0.05, 0.1) is 18.2 Å². The molecule has 0 saturated carbocycles. The van der Waals surface area contributed by atoms with Crippen molar-refractivity contribution in [2.75, 3.05) is 0 Å². The van der Waals surface area contributed by atoms with Crippen LogP contribution in [0.1, 0.15) is 11.3 Å². The predicted molar refractivity (Wildman–Crippen MR) is 115 cm³/mol. The second-order valence-corrected chi connectivity index (χ2v) is 6.42.